The van der Waals surface area contributed by atoms with Crippen molar-refractivity contribution in [3.63, 3.8) is 0 Å². The Labute approximate surface area is 168 Å². The molecule has 3 amide bonds. The zero-order chi connectivity index (χ0) is 20.2. The molecule has 0 aliphatic carbocycles. The summed E-state index contributed by atoms with van der Waals surface area (Å²) in [6.07, 6.45) is 0.379. The van der Waals surface area contributed by atoms with Crippen LogP contribution >= 0.6 is 0 Å². The maximum Gasteiger partial charge on any atom is 0.319 e. The summed E-state index contributed by atoms with van der Waals surface area (Å²) in [5.41, 5.74) is 1.38. The third-order valence-corrected chi connectivity index (χ3v) is 4.86. The highest BCUT2D eigenvalue weighted by molar-refractivity contribution is 5.96. The zero-order valence-corrected chi connectivity index (χ0v) is 16.1. The van der Waals surface area contributed by atoms with Crippen molar-refractivity contribution in [2.75, 3.05) is 36.7 Å². The Morgan fingerprint density at radius 1 is 1.21 bits per heavy atom. The lowest BCUT2D eigenvalue weighted by Gasteiger charge is -2.17. The monoisotopic (exact) mass is 397 g/mol. The zero-order valence-electron chi connectivity index (χ0n) is 16.1. The van der Waals surface area contributed by atoms with Gasteiger partial charge in [-0.15, -0.1) is 0 Å². The molecule has 1 atom stereocenters. The van der Waals surface area contributed by atoms with E-state index in [1.165, 1.54) is 0 Å². The standard InChI is InChI=1S/C21H23N3O5/c1-2-27-17-6-4-3-5-16(17)23-21(26)22-11-14-9-20(25)24(12-14)15-7-8-18-19(10-15)29-13-28-18/h3-8,10,14H,2,9,11-13H2,1H3,(H2,22,23,26). The van der Waals surface area contributed by atoms with Crippen LogP contribution in [0.25, 0.3) is 0 Å². The van der Waals surface area contributed by atoms with E-state index in [4.69, 9.17) is 14.2 Å². The molecule has 8 nitrogen and oxygen atoms in total. The van der Waals surface area contributed by atoms with Crippen molar-refractivity contribution in [3.05, 3.63) is 42.5 Å². The lowest BCUT2D eigenvalue weighted by Crippen LogP contribution is -2.34. The van der Waals surface area contributed by atoms with Gasteiger partial charge in [0.15, 0.2) is 11.5 Å². The van der Waals surface area contributed by atoms with Crippen LogP contribution in [0, 0.1) is 5.92 Å². The van der Waals surface area contributed by atoms with Crippen molar-refractivity contribution in [2.45, 2.75) is 13.3 Å². The highest BCUT2D eigenvalue weighted by Gasteiger charge is 2.31. The van der Waals surface area contributed by atoms with Crippen LogP contribution in [0.1, 0.15) is 13.3 Å². The van der Waals surface area contributed by atoms with E-state index >= 15 is 0 Å². The second-order valence-electron chi connectivity index (χ2n) is 6.88. The minimum Gasteiger partial charge on any atom is -0.492 e. The van der Waals surface area contributed by atoms with Gasteiger partial charge in [0.25, 0.3) is 0 Å². The van der Waals surface area contributed by atoms with Crippen molar-refractivity contribution in [2.24, 2.45) is 5.92 Å². The second kappa shape index (κ2) is 8.30. The van der Waals surface area contributed by atoms with Crippen molar-refractivity contribution >= 4 is 23.3 Å². The second-order valence-corrected chi connectivity index (χ2v) is 6.88. The Morgan fingerprint density at radius 2 is 2.03 bits per heavy atom. The third-order valence-electron chi connectivity index (χ3n) is 4.86. The van der Waals surface area contributed by atoms with Gasteiger partial charge in [-0.3, -0.25) is 4.79 Å². The Kier molecular flexibility index (Phi) is 5.41. The molecule has 2 aliphatic rings. The molecule has 2 aromatic carbocycles. The van der Waals surface area contributed by atoms with Crippen molar-refractivity contribution in [1.29, 1.82) is 0 Å². The van der Waals surface area contributed by atoms with Crippen LogP contribution in [0.2, 0.25) is 0 Å². The van der Waals surface area contributed by atoms with Gasteiger partial charge >= 0.3 is 6.03 Å². The number of nitrogens with zero attached hydrogens (tertiary/aromatic N) is 1. The Morgan fingerprint density at radius 3 is 2.90 bits per heavy atom. The van der Waals surface area contributed by atoms with Gasteiger partial charge in [0.1, 0.15) is 5.75 Å². The number of para-hydroxylation sites is 2. The Hall–Kier alpha value is -3.42. The minimum absolute atomic E-state index is 0.0257. The number of rotatable bonds is 6. The SMILES string of the molecule is CCOc1ccccc1NC(=O)NCC1CC(=O)N(c2ccc3c(c2)OCO3)C1. The quantitative estimate of drug-likeness (QED) is 0.782. The number of nitrogens with one attached hydrogen (secondary N) is 2. The Balaban J connectivity index is 1.32. The summed E-state index contributed by atoms with van der Waals surface area (Å²) >= 11 is 0. The summed E-state index contributed by atoms with van der Waals surface area (Å²) in [6, 6.07) is 12.4. The Bertz CT molecular complexity index is 917. The first-order valence-electron chi connectivity index (χ1n) is 9.60. The molecular weight excluding hydrogens is 374 g/mol. The highest BCUT2D eigenvalue weighted by atomic mass is 16.7. The fourth-order valence-corrected chi connectivity index (χ4v) is 3.48. The first-order chi connectivity index (χ1) is 14.1. The van der Waals surface area contributed by atoms with Crippen molar-refractivity contribution in [3.8, 4) is 17.2 Å². The van der Waals surface area contributed by atoms with E-state index in [2.05, 4.69) is 10.6 Å². The van der Waals surface area contributed by atoms with E-state index in [0.29, 0.717) is 49.1 Å². The molecule has 29 heavy (non-hydrogen) atoms. The van der Waals surface area contributed by atoms with Crippen LogP contribution in [0.3, 0.4) is 0 Å². The predicted octanol–water partition coefficient (Wildman–Crippen LogP) is 2.99. The van der Waals surface area contributed by atoms with E-state index < -0.39 is 0 Å². The fourth-order valence-electron chi connectivity index (χ4n) is 3.48. The first kappa shape index (κ1) is 18.9. The lowest BCUT2D eigenvalue weighted by atomic mass is 10.1. The van der Waals surface area contributed by atoms with Crippen LogP contribution in [-0.4, -0.2) is 38.4 Å². The predicted molar refractivity (Wildman–Crippen MR) is 108 cm³/mol. The van der Waals surface area contributed by atoms with Crippen molar-refractivity contribution < 1.29 is 23.8 Å². The van der Waals surface area contributed by atoms with E-state index in [9.17, 15) is 9.59 Å². The smallest absolute Gasteiger partial charge is 0.319 e. The molecule has 0 saturated carbocycles. The molecular formula is C21H23N3O5. The van der Waals surface area contributed by atoms with Crippen LogP contribution < -0.4 is 29.7 Å². The molecule has 8 heteroatoms. The maximum absolute atomic E-state index is 12.4. The van der Waals surface area contributed by atoms with Gasteiger partial charge in [0.05, 0.1) is 12.3 Å². The summed E-state index contributed by atoms with van der Waals surface area (Å²) in [4.78, 5) is 26.4. The van der Waals surface area contributed by atoms with Crippen LogP contribution in [0.15, 0.2) is 42.5 Å². The van der Waals surface area contributed by atoms with Gasteiger partial charge in [0.2, 0.25) is 12.7 Å². The van der Waals surface area contributed by atoms with Crippen molar-refractivity contribution in [1.82, 2.24) is 5.32 Å². The molecule has 1 unspecified atom stereocenters. The summed E-state index contributed by atoms with van der Waals surface area (Å²) < 4.78 is 16.2. The topological polar surface area (TPSA) is 89.1 Å². The number of ether oxygens (including phenoxy) is 3. The number of fused-ring (bicyclic) bond motifs is 1. The molecule has 1 fully saturated rings. The number of urea groups is 1. The molecule has 2 N–H and O–H groups in total. The molecule has 4 rings (SSSR count). The molecule has 0 spiro atoms. The number of hydrogen-bond donors (Lipinski definition) is 2. The van der Waals surface area contributed by atoms with Gasteiger partial charge in [-0.05, 0) is 31.2 Å². The molecule has 0 aromatic heterocycles. The molecule has 0 radical (unpaired) electrons. The summed E-state index contributed by atoms with van der Waals surface area (Å²) in [6.45, 7) is 3.53. The molecule has 2 aromatic rings. The van der Waals surface area contributed by atoms with Gasteiger partial charge < -0.3 is 29.7 Å². The van der Waals surface area contributed by atoms with E-state index in [0.717, 1.165) is 5.69 Å². The first-order valence-corrected chi connectivity index (χ1v) is 9.60. The molecule has 2 aliphatic heterocycles. The third kappa shape index (κ3) is 4.21. The molecule has 1 saturated heterocycles. The average Bonchev–Trinajstić information content (AvgIpc) is 3.33. The molecule has 0 bridgehead atoms. The van der Waals surface area contributed by atoms with E-state index in [1.54, 1.807) is 23.1 Å². The number of hydrogen-bond acceptors (Lipinski definition) is 5. The van der Waals surface area contributed by atoms with Gasteiger partial charge in [-0.25, -0.2) is 4.79 Å². The largest absolute Gasteiger partial charge is 0.492 e. The number of benzene rings is 2. The summed E-state index contributed by atoms with van der Waals surface area (Å²) in [5.74, 6) is 2.00. The molecule has 2 heterocycles. The molecule has 152 valence electrons. The number of anilines is 2. The fraction of sp³-hybridized carbons (Fsp3) is 0.333. The van der Waals surface area contributed by atoms with Crippen LogP contribution in [0.5, 0.6) is 17.2 Å². The normalized spacial score (nSPS) is 17.3. The van der Waals surface area contributed by atoms with E-state index in [1.807, 2.05) is 31.2 Å². The van der Waals surface area contributed by atoms with Crippen LogP contribution in [0.4, 0.5) is 16.2 Å². The van der Waals surface area contributed by atoms with E-state index in [-0.39, 0.29) is 24.6 Å². The highest BCUT2D eigenvalue weighted by Crippen LogP contribution is 2.37. The maximum atomic E-state index is 12.4. The average molecular weight is 397 g/mol. The summed E-state index contributed by atoms with van der Waals surface area (Å²) in [5, 5.41) is 5.65. The lowest BCUT2D eigenvalue weighted by molar-refractivity contribution is -0.117. The summed E-state index contributed by atoms with van der Waals surface area (Å²) in [7, 11) is 0. The van der Waals surface area contributed by atoms with Gasteiger partial charge in [-0.2, -0.15) is 0 Å². The number of carbonyl (C=O) groups is 2. The van der Waals surface area contributed by atoms with Gasteiger partial charge in [-0.1, -0.05) is 12.1 Å². The number of carbonyl (C=O) groups excluding carboxylic acids is 2. The van der Waals surface area contributed by atoms with Gasteiger partial charge in [0, 0.05) is 37.2 Å². The minimum atomic E-state index is -0.328. The van der Waals surface area contributed by atoms with Crippen LogP contribution in [-0.2, 0) is 4.79 Å². The number of amides is 3.